The Kier molecular flexibility index (Phi) is 4.24. The highest BCUT2D eigenvalue weighted by Gasteiger charge is 2.34. The summed E-state index contributed by atoms with van der Waals surface area (Å²) in [6.45, 7) is 2.09. The minimum absolute atomic E-state index is 0.260. The summed E-state index contributed by atoms with van der Waals surface area (Å²) < 4.78 is 6.87. The maximum Gasteiger partial charge on any atom is 0.313 e. The van der Waals surface area contributed by atoms with E-state index in [-0.39, 0.29) is 12.5 Å². The zero-order chi connectivity index (χ0) is 13.9. The fourth-order valence-corrected chi connectivity index (χ4v) is 2.72. The highest BCUT2D eigenvalue weighted by Crippen LogP contribution is 2.29. The first-order valence-corrected chi connectivity index (χ1v) is 6.91. The predicted octanol–water partition coefficient (Wildman–Crippen LogP) is 1.68. The summed E-state index contributed by atoms with van der Waals surface area (Å²) in [6, 6.07) is 2.51. The zero-order valence-corrected chi connectivity index (χ0v) is 11.8. The van der Waals surface area contributed by atoms with Gasteiger partial charge in [-0.25, -0.2) is 0 Å². The van der Waals surface area contributed by atoms with Crippen molar-refractivity contribution in [1.29, 1.82) is 0 Å². The lowest BCUT2D eigenvalue weighted by Gasteiger charge is -2.23. The van der Waals surface area contributed by atoms with Crippen molar-refractivity contribution in [1.82, 2.24) is 9.78 Å². The summed E-state index contributed by atoms with van der Waals surface area (Å²) in [5.74, 6) is -0.273. The quantitative estimate of drug-likeness (QED) is 0.822. The second kappa shape index (κ2) is 5.74. The van der Waals surface area contributed by atoms with Crippen LogP contribution in [0.2, 0.25) is 0 Å². The average molecular weight is 265 g/mol. The van der Waals surface area contributed by atoms with Crippen LogP contribution in [0.4, 0.5) is 0 Å². The summed E-state index contributed by atoms with van der Waals surface area (Å²) in [4.78, 5) is 11.8. The van der Waals surface area contributed by atoms with Gasteiger partial charge in [0.25, 0.3) is 0 Å². The molecule has 1 aliphatic carbocycles. The lowest BCUT2D eigenvalue weighted by molar-refractivity contribution is -0.151. The number of aromatic nitrogens is 2. The van der Waals surface area contributed by atoms with Crippen molar-refractivity contribution in [3.05, 3.63) is 18.0 Å². The van der Waals surface area contributed by atoms with Crippen LogP contribution in [0.25, 0.3) is 0 Å². The molecule has 1 fully saturated rings. The van der Waals surface area contributed by atoms with Crippen molar-refractivity contribution in [2.24, 2.45) is 11.1 Å². The van der Waals surface area contributed by atoms with Crippen LogP contribution >= 0.6 is 0 Å². The number of hydrogen-bond acceptors (Lipinski definition) is 4. The average Bonchev–Trinajstić information content (AvgIpc) is 3.07. The normalized spacial score (nSPS) is 19.3. The molecule has 1 atom stereocenters. The van der Waals surface area contributed by atoms with Crippen LogP contribution in [0.15, 0.2) is 12.3 Å². The van der Waals surface area contributed by atoms with Gasteiger partial charge >= 0.3 is 5.97 Å². The molecule has 0 aliphatic heterocycles. The first-order chi connectivity index (χ1) is 9.09. The molecule has 1 saturated carbocycles. The summed E-state index contributed by atoms with van der Waals surface area (Å²) in [5.41, 5.74) is 5.94. The number of rotatable bonds is 5. The molecule has 5 nitrogen and oxygen atoms in total. The van der Waals surface area contributed by atoms with Gasteiger partial charge in [0.15, 0.2) is 0 Å². The van der Waals surface area contributed by atoms with E-state index in [0.29, 0.717) is 12.5 Å². The first-order valence-electron chi connectivity index (χ1n) is 6.91. The van der Waals surface area contributed by atoms with E-state index < -0.39 is 5.41 Å². The molecule has 1 aromatic rings. The van der Waals surface area contributed by atoms with E-state index in [0.717, 1.165) is 5.69 Å². The lowest BCUT2D eigenvalue weighted by Crippen LogP contribution is -2.38. The molecule has 2 rings (SSSR count). The lowest BCUT2D eigenvalue weighted by atomic mass is 9.85. The van der Waals surface area contributed by atoms with Gasteiger partial charge in [0.1, 0.15) is 0 Å². The maximum atomic E-state index is 11.8. The minimum Gasteiger partial charge on any atom is -0.469 e. The van der Waals surface area contributed by atoms with Gasteiger partial charge in [-0.05, 0) is 25.8 Å². The number of carbonyl (C=O) groups excluding carboxylic acids is 1. The Labute approximate surface area is 114 Å². The summed E-state index contributed by atoms with van der Waals surface area (Å²) >= 11 is 0. The number of methoxy groups -OCH3 is 1. The molecule has 0 radical (unpaired) electrons. The van der Waals surface area contributed by atoms with Crippen molar-refractivity contribution < 1.29 is 9.53 Å². The largest absolute Gasteiger partial charge is 0.469 e. The molecule has 0 saturated heterocycles. The number of hydrogen-bond donors (Lipinski definition) is 1. The van der Waals surface area contributed by atoms with Crippen molar-refractivity contribution in [2.45, 2.75) is 45.1 Å². The second-order valence-corrected chi connectivity index (χ2v) is 5.66. The smallest absolute Gasteiger partial charge is 0.313 e. The Morgan fingerprint density at radius 2 is 2.26 bits per heavy atom. The van der Waals surface area contributed by atoms with Gasteiger partial charge in [-0.1, -0.05) is 12.8 Å². The SMILES string of the molecule is COC(=O)C(C)(CN)Cc1ccn(C2CCCC2)n1. The van der Waals surface area contributed by atoms with Gasteiger partial charge in [-0.15, -0.1) is 0 Å². The summed E-state index contributed by atoms with van der Waals surface area (Å²) in [7, 11) is 1.40. The molecule has 1 aliphatic rings. The number of nitrogens with zero attached hydrogens (tertiary/aromatic N) is 2. The second-order valence-electron chi connectivity index (χ2n) is 5.66. The topological polar surface area (TPSA) is 70.1 Å². The standard InChI is InChI=1S/C14H23N3O2/c1-14(10-15,13(18)19-2)9-11-7-8-17(16-11)12-5-3-4-6-12/h7-8,12H,3-6,9-10,15H2,1-2H3. The first kappa shape index (κ1) is 14.1. The van der Waals surface area contributed by atoms with Gasteiger partial charge in [-0.2, -0.15) is 5.10 Å². The maximum absolute atomic E-state index is 11.8. The molecule has 0 amide bonds. The molecule has 106 valence electrons. The van der Waals surface area contributed by atoms with Crippen LogP contribution in [-0.4, -0.2) is 29.4 Å². The Bertz CT molecular complexity index is 438. The fourth-order valence-electron chi connectivity index (χ4n) is 2.72. The van der Waals surface area contributed by atoms with Gasteiger partial charge in [0, 0.05) is 19.2 Å². The fraction of sp³-hybridized carbons (Fsp3) is 0.714. The van der Waals surface area contributed by atoms with Gasteiger partial charge in [0.05, 0.1) is 24.3 Å². The molecule has 5 heteroatoms. The molecule has 2 N–H and O–H groups in total. The van der Waals surface area contributed by atoms with E-state index in [9.17, 15) is 4.79 Å². The molecule has 1 heterocycles. The van der Waals surface area contributed by atoms with E-state index in [2.05, 4.69) is 5.10 Å². The van der Waals surface area contributed by atoms with Crippen molar-refractivity contribution in [2.75, 3.05) is 13.7 Å². The van der Waals surface area contributed by atoms with E-state index in [4.69, 9.17) is 10.5 Å². The minimum atomic E-state index is -0.691. The summed E-state index contributed by atoms with van der Waals surface area (Å²) in [6.07, 6.45) is 7.50. The highest BCUT2D eigenvalue weighted by atomic mass is 16.5. The van der Waals surface area contributed by atoms with Gasteiger partial charge in [-0.3, -0.25) is 9.48 Å². The van der Waals surface area contributed by atoms with Crippen molar-refractivity contribution in [3.8, 4) is 0 Å². The van der Waals surface area contributed by atoms with Crippen LogP contribution in [0.5, 0.6) is 0 Å². The monoisotopic (exact) mass is 265 g/mol. The number of carbonyl (C=O) groups is 1. The molecular weight excluding hydrogens is 242 g/mol. The Morgan fingerprint density at radius 1 is 1.58 bits per heavy atom. The molecule has 0 aromatic carbocycles. The van der Waals surface area contributed by atoms with Crippen molar-refractivity contribution in [3.63, 3.8) is 0 Å². The molecule has 0 bridgehead atoms. The number of esters is 1. The molecular formula is C14H23N3O2. The zero-order valence-electron chi connectivity index (χ0n) is 11.8. The highest BCUT2D eigenvalue weighted by molar-refractivity contribution is 5.76. The molecule has 0 spiro atoms. The third-order valence-electron chi connectivity index (χ3n) is 4.06. The molecule has 1 aromatic heterocycles. The number of ether oxygens (including phenoxy) is 1. The van der Waals surface area contributed by atoms with Crippen LogP contribution in [-0.2, 0) is 16.0 Å². The van der Waals surface area contributed by atoms with Crippen LogP contribution in [0.1, 0.15) is 44.3 Å². The Balaban J connectivity index is 2.08. The molecule has 19 heavy (non-hydrogen) atoms. The van der Waals surface area contributed by atoms with E-state index in [1.54, 1.807) is 0 Å². The summed E-state index contributed by atoms with van der Waals surface area (Å²) in [5, 5.41) is 4.60. The molecule has 1 unspecified atom stereocenters. The van der Waals surface area contributed by atoms with E-state index >= 15 is 0 Å². The number of nitrogens with two attached hydrogens (primary N) is 1. The van der Waals surface area contributed by atoms with Gasteiger partial charge in [0.2, 0.25) is 0 Å². The Hall–Kier alpha value is -1.36. The van der Waals surface area contributed by atoms with Gasteiger partial charge < -0.3 is 10.5 Å². The third-order valence-corrected chi connectivity index (χ3v) is 4.06. The van der Waals surface area contributed by atoms with Crippen LogP contribution < -0.4 is 5.73 Å². The third kappa shape index (κ3) is 2.97. The van der Waals surface area contributed by atoms with Crippen LogP contribution in [0.3, 0.4) is 0 Å². The van der Waals surface area contributed by atoms with E-state index in [1.807, 2.05) is 23.9 Å². The van der Waals surface area contributed by atoms with Crippen LogP contribution in [0, 0.1) is 5.41 Å². The van der Waals surface area contributed by atoms with E-state index in [1.165, 1.54) is 32.8 Å². The predicted molar refractivity (Wildman–Crippen MR) is 72.6 cm³/mol. The Morgan fingerprint density at radius 3 is 2.84 bits per heavy atom. The van der Waals surface area contributed by atoms with Crippen molar-refractivity contribution >= 4 is 5.97 Å².